The summed E-state index contributed by atoms with van der Waals surface area (Å²) < 4.78 is 0. The second-order valence-corrected chi connectivity index (χ2v) is 1.68. The minimum atomic E-state index is 1.11. The third-order valence-electron chi connectivity index (χ3n) is 0.556. The van der Waals surface area contributed by atoms with Crippen LogP contribution in [0.25, 0.3) is 0 Å². The molecule has 0 heterocycles. The summed E-state index contributed by atoms with van der Waals surface area (Å²) in [4.78, 5) is 1.83. The molecule has 0 aromatic carbocycles. The van der Waals surface area contributed by atoms with Gasteiger partial charge in [-0.3, -0.25) is 0 Å². The molecule has 0 spiro atoms. The Kier molecular flexibility index (Phi) is 5.93. The van der Waals surface area contributed by atoms with Crippen molar-refractivity contribution in [2.45, 2.75) is 13.3 Å². The van der Waals surface area contributed by atoms with Crippen molar-refractivity contribution in [2.75, 3.05) is 0 Å². The van der Waals surface area contributed by atoms with Crippen LogP contribution in [0, 0.1) is 0 Å². The van der Waals surface area contributed by atoms with E-state index in [1.165, 1.54) is 0 Å². The van der Waals surface area contributed by atoms with Crippen molar-refractivity contribution >= 4 is 15.9 Å². The summed E-state index contributed by atoms with van der Waals surface area (Å²) in [6.45, 7) is 2.11. The highest BCUT2D eigenvalue weighted by Gasteiger charge is 1.58. The van der Waals surface area contributed by atoms with Crippen molar-refractivity contribution in [2.24, 2.45) is 0 Å². The van der Waals surface area contributed by atoms with Crippen molar-refractivity contribution < 1.29 is 0 Å². The summed E-state index contributed by atoms with van der Waals surface area (Å²) >= 11 is 3.15. The molecule has 7 heavy (non-hydrogen) atoms. The molecule has 0 radical (unpaired) electrons. The van der Waals surface area contributed by atoms with Crippen LogP contribution in [0.2, 0.25) is 0 Å². The minimum absolute atomic E-state index is 1.11. The molecule has 0 rings (SSSR count). The maximum absolute atomic E-state index is 3.15. The largest absolute Gasteiger partial charge is 0.0848 e. The first-order chi connectivity index (χ1) is 3.41. The zero-order chi connectivity index (χ0) is 5.54. The average Bonchev–Trinajstić information content (AvgIpc) is 1.69. The van der Waals surface area contributed by atoms with Gasteiger partial charge < -0.3 is 0 Å². The molecule has 40 valence electrons. The van der Waals surface area contributed by atoms with Crippen molar-refractivity contribution in [3.8, 4) is 0 Å². The highest BCUT2D eigenvalue weighted by atomic mass is 79.9. The lowest BCUT2D eigenvalue weighted by Crippen LogP contribution is -1.47. The van der Waals surface area contributed by atoms with Gasteiger partial charge in [-0.15, -0.1) is 0 Å². The lowest BCUT2D eigenvalue weighted by Gasteiger charge is -1.69. The first-order valence-corrected chi connectivity index (χ1v) is 3.25. The molecule has 0 N–H and O–H groups in total. The van der Waals surface area contributed by atoms with Crippen molar-refractivity contribution in [1.82, 2.24) is 0 Å². The Hall–Kier alpha value is -0.0400. The van der Waals surface area contributed by atoms with Gasteiger partial charge in [0, 0.05) is 0 Å². The SMILES string of the molecule is CC/C=C/C=C/Br. The Bertz CT molecular complexity index is 72.2. The molecule has 0 aliphatic rings. The van der Waals surface area contributed by atoms with Crippen LogP contribution in [0.1, 0.15) is 13.3 Å². The smallest absolute Gasteiger partial charge is 0.0189 e. The molecule has 0 fully saturated rings. The maximum atomic E-state index is 3.15. The van der Waals surface area contributed by atoms with Crippen LogP contribution in [0.15, 0.2) is 23.2 Å². The molecule has 0 saturated heterocycles. The van der Waals surface area contributed by atoms with E-state index in [0.717, 1.165) is 6.42 Å². The third kappa shape index (κ3) is 5.96. The monoisotopic (exact) mass is 160 g/mol. The summed E-state index contributed by atoms with van der Waals surface area (Å²) in [5, 5.41) is 0. The van der Waals surface area contributed by atoms with Gasteiger partial charge >= 0.3 is 0 Å². The fraction of sp³-hybridized carbons (Fsp3) is 0.333. The van der Waals surface area contributed by atoms with Crippen LogP contribution in [0.4, 0.5) is 0 Å². The van der Waals surface area contributed by atoms with E-state index >= 15 is 0 Å². The number of hydrogen-bond acceptors (Lipinski definition) is 0. The third-order valence-corrected chi connectivity index (χ3v) is 0.861. The van der Waals surface area contributed by atoms with Gasteiger partial charge in [0.2, 0.25) is 0 Å². The highest BCUT2D eigenvalue weighted by Crippen LogP contribution is 1.85. The molecule has 0 atom stereocenters. The van der Waals surface area contributed by atoms with Crippen molar-refractivity contribution in [3.05, 3.63) is 23.2 Å². The first-order valence-electron chi connectivity index (χ1n) is 2.33. The maximum Gasteiger partial charge on any atom is -0.0189 e. The van der Waals surface area contributed by atoms with Gasteiger partial charge in [-0.1, -0.05) is 41.1 Å². The van der Waals surface area contributed by atoms with E-state index in [-0.39, 0.29) is 0 Å². The van der Waals surface area contributed by atoms with E-state index in [1.54, 1.807) is 0 Å². The zero-order valence-electron chi connectivity index (χ0n) is 4.39. The van der Waals surface area contributed by atoms with E-state index in [9.17, 15) is 0 Å². The van der Waals surface area contributed by atoms with Crippen LogP contribution in [0.3, 0.4) is 0 Å². The normalized spacial score (nSPS) is 11.7. The van der Waals surface area contributed by atoms with Gasteiger partial charge in [-0.2, -0.15) is 0 Å². The van der Waals surface area contributed by atoms with Gasteiger partial charge in [-0.05, 0) is 11.4 Å². The van der Waals surface area contributed by atoms with Crippen LogP contribution >= 0.6 is 15.9 Å². The molecule has 0 nitrogen and oxygen atoms in total. The second-order valence-electron chi connectivity index (χ2n) is 1.15. The second kappa shape index (κ2) is 5.96. The standard InChI is InChI=1S/C6H9Br/c1-2-3-4-5-6-7/h3-6H,2H2,1H3/b4-3+,6-5+. The summed E-state index contributed by atoms with van der Waals surface area (Å²) in [6, 6.07) is 0. The Morgan fingerprint density at radius 3 is 2.57 bits per heavy atom. The lowest BCUT2D eigenvalue weighted by molar-refractivity contribution is 1.22. The van der Waals surface area contributed by atoms with Gasteiger partial charge in [0.25, 0.3) is 0 Å². The molecule has 0 aliphatic carbocycles. The van der Waals surface area contributed by atoms with E-state index < -0.39 is 0 Å². The van der Waals surface area contributed by atoms with E-state index in [4.69, 9.17) is 0 Å². The molecule has 0 aliphatic heterocycles. The van der Waals surface area contributed by atoms with Gasteiger partial charge in [-0.25, -0.2) is 0 Å². The number of halogens is 1. The molecule has 0 amide bonds. The summed E-state index contributed by atoms with van der Waals surface area (Å²) in [5.74, 6) is 0. The summed E-state index contributed by atoms with van der Waals surface area (Å²) in [5.41, 5.74) is 0. The average molecular weight is 161 g/mol. The topological polar surface area (TPSA) is 0 Å². The van der Waals surface area contributed by atoms with Crippen molar-refractivity contribution in [1.29, 1.82) is 0 Å². The predicted molar refractivity (Wildman–Crippen MR) is 37.5 cm³/mol. The lowest BCUT2D eigenvalue weighted by atomic mass is 10.4. The zero-order valence-corrected chi connectivity index (χ0v) is 5.98. The molecule has 0 saturated carbocycles. The Morgan fingerprint density at radius 2 is 2.14 bits per heavy atom. The molecular formula is C6H9Br. The molecule has 0 unspecified atom stereocenters. The van der Waals surface area contributed by atoms with E-state index in [1.807, 2.05) is 17.1 Å². The number of rotatable bonds is 2. The molecule has 0 bridgehead atoms. The summed E-state index contributed by atoms with van der Waals surface area (Å²) in [7, 11) is 0. The number of allylic oxidation sites excluding steroid dienone is 3. The molecular weight excluding hydrogens is 152 g/mol. The fourth-order valence-electron chi connectivity index (χ4n) is 0.257. The van der Waals surface area contributed by atoms with Gasteiger partial charge in [0.05, 0.1) is 0 Å². The fourth-order valence-corrected chi connectivity index (χ4v) is 0.433. The van der Waals surface area contributed by atoms with Crippen LogP contribution in [0.5, 0.6) is 0 Å². The van der Waals surface area contributed by atoms with E-state index in [2.05, 4.69) is 28.9 Å². The predicted octanol–water partition coefficient (Wildman–Crippen LogP) is 2.86. The quantitative estimate of drug-likeness (QED) is 0.546. The van der Waals surface area contributed by atoms with Crippen molar-refractivity contribution in [3.63, 3.8) is 0 Å². The Morgan fingerprint density at radius 1 is 1.43 bits per heavy atom. The van der Waals surface area contributed by atoms with Crippen LogP contribution < -0.4 is 0 Å². The van der Waals surface area contributed by atoms with E-state index in [0.29, 0.717) is 0 Å². The molecule has 0 aromatic heterocycles. The Balaban J connectivity index is 3.09. The summed E-state index contributed by atoms with van der Waals surface area (Å²) in [6.07, 6.45) is 7.16. The van der Waals surface area contributed by atoms with Gasteiger partial charge in [0.15, 0.2) is 0 Å². The molecule has 0 aromatic rings. The van der Waals surface area contributed by atoms with Crippen LogP contribution in [-0.4, -0.2) is 0 Å². The molecule has 1 heteroatoms. The number of hydrogen-bond donors (Lipinski definition) is 0. The Labute approximate surface area is 53.1 Å². The minimum Gasteiger partial charge on any atom is -0.0848 e. The van der Waals surface area contributed by atoms with Gasteiger partial charge in [0.1, 0.15) is 0 Å². The first kappa shape index (κ1) is 6.96. The van der Waals surface area contributed by atoms with Crippen LogP contribution in [-0.2, 0) is 0 Å². The highest BCUT2D eigenvalue weighted by molar-refractivity contribution is 9.11.